The maximum atomic E-state index is 14.6. The first-order valence-electron chi connectivity index (χ1n) is 8.89. The molecule has 4 rings (SSSR count). The highest BCUT2D eigenvalue weighted by atomic mass is 19.1. The summed E-state index contributed by atoms with van der Waals surface area (Å²) < 4.78 is 14.6. The van der Waals surface area contributed by atoms with Gasteiger partial charge in [0.15, 0.2) is 0 Å². The van der Waals surface area contributed by atoms with E-state index >= 15 is 0 Å². The van der Waals surface area contributed by atoms with Gasteiger partial charge in [0.2, 0.25) is 11.9 Å². The number of nitrogens with zero attached hydrogens (tertiary/aromatic N) is 4. The lowest BCUT2D eigenvalue weighted by Crippen LogP contribution is -2.12. The fourth-order valence-electron chi connectivity index (χ4n) is 3.34. The summed E-state index contributed by atoms with van der Waals surface area (Å²) in [5.41, 5.74) is 10.0. The predicted molar refractivity (Wildman–Crippen MR) is 106 cm³/mol. The Morgan fingerprint density at radius 2 is 1.75 bits per heavy atom. The Kier molecular flexibility index (Phi) is 5.01. The molecule has 0 amide bonds. The summed E-state index contributed by atoms with van der Waals surface area (Å²) in [7, 11) is 0. The molecule has 1 aromatic carbocycles. The van der Waals surface area contributed by atoms with Crippen molar-refractivity contribution < 1.29 is 4.39 Å². The minimum atomic E-state index is -0.511. The standard InChI is InChI=1S/C22H18FN5/c23-21-18(8-4-11-26-21)19(20-9-12-27-22(24)28-20)13-15-5-1-2-7-17(15)16-6-3-10-25-14-16/h1-12,14,19H,13H2,(H2,24,27,28). The summed E-state index contributed by atoms with van der Waals surface area (Å²) in [5.74, 6) is -0.701. The molecule has 138 valence electrons. The maximum Gasteiger partial charge on any atom is 0.220 e. The molecule has 0 aliphatic rings. The fraction of sp³-hybridized carbons (Fsp3) is 0.0909. The van der Waals surface area contributed by atoms with Crippen LogP contribution in [0.1, 0.15) is 22.7 Å². The van der Waals surface area contributed by atoms with Crippen LogP contribution in [0, 0.1) is 5.95 Å². The second kappa shape index (κ2) is 7.92. The Balaban J connectivity index is 1.81. The first kappa shape index (κ1) is 17.7. The summed E-state index contributed by atoms with van der Waals surface area (Å²) in [6.45, 7) is 0. The van der Waals surface area contributed by atoms with Crippen LogP contribution in [0.5, 0.6) is 0 Å². The van der Waals surface area contributed by atoms with E-state index in [2.05, 4.69) is 19.9 Å². The molecule has 5 nitrogen and oxygen atoms in total. The van der Waals surface area contributed by atoms with Gasteiger partial charge in [0.05, 0.1) is 5.69 Å². The van der Waals surface area contributed by atoms with Gasteiger partial charge < -0.3 is 5.73 Å². The molecule has 28 heavy (non-hydrogen) atoms. The lowest BCUT2D eigenvalue weighted by Gasteiger charge is -2.19. The Morgan fingerprint density at radius 1 is 0.893 bits per heavy atom. The van der Waals surface area contributed by atoms with Gasteiger partial charge >= 0.3 is 0 Å². The van der Waals surface area contributed by atoms with Crippen LogP contribution in [0.3, 0.4) is 0 Å². The van der Waals surface area contributed by atoms with Gasteiger partial charge in [0.25, 0.3) is 0 Å². The Labute approximate surface area is 162 Å². The Hall–Kier alpha value is -3.67. The lowest BCUT2D eigenvalue weighted by molar-refractivity contribution is 0.552. The van der Waals surface area contributed by atoms with E-state index in [1.807, 2.05) is 42.6 Å². The molecular formula is C22H18FN5. The normalized spacial score (nSPS) is 11.9. The monoisotopic (exact) mass is 371 g/mol. The van der Waals surface area contributed by atoms with E-state index in [4.69, 9.17) is 5.73 Å². The highest BCUT2D eigenvalue weighted by Gasteiger charge is 2.22. The van der Waals surface area contributed by atoms with Gasteiger partial charge in [0.1, 0.15) is 0 Å². The quantitative estimate of drug-likeness (QED) is 0.536. The van der Waals surface area contributed by atoms with E-state index < -0.39 is 5.95 Å². The van der Waals surface area contributed by atoms with Crippen molar-refractivity contribution in [3.05, 3.63) is 102 Å². The number of benzene rings is 1. The van der Waals surface area contributed by atoms with E-state index in [-0.39, 0.29) is 11.9 Å². The lowest BCUT2D eigenvalue weighted by atomic mass is 9.87. The molecule has 4 aromatic rings. The molecule has 0 spiro atoms. The number of anilines is 1. The van der Waals surface area contributed by atoms with E-state index in [0.717, 1.165) is 16.7 Å². The smallest absolute Gasteiger partial charge is 0.220 e. The second-order valence-electron chi connectivity index (χ2n) is 6.38. The number of aromatic nitrogens is 4. The second-order valence-corrected chi connectivity index (χ2v) is 6.38. The zero-order valence-corrected chi connectivity index (χ0v) is 15.0. The third-order valence-corrected chi connectivity index (χ3v) is 4.63. The first-order chi connectivity index (χ1) is 13.7. The van der Waals surface area contributed by atoms with Crippen molar-refractivity contribution >= 4 is 5.95 Å². The minimum Gasteiger partial charge on any atom is -0.368 e. The Morgan fingerprint density at radius 3 is 2.54 bits per heavy atom. The van der Waals surface area contributed by atoms with Crippen molar-refractivity contribution in [2.75, 3.05) is 5.73 Å². The molecule has 1 unspecified atom stereocenters. The van der Waals surface area contributed by atoms with Crippen molar-refractivity contribution in [2.45, 2.75) is 12.3 Å². The van der Waals surface area contributed by atoms with Gasteiger partial charge in [0, 0.05) is 41.8 Å². The van der Waals surface area contributed by atoms with Crippen LogP contribution < -0.4 is 5.73 Å². The van der Waals surface area contributed by atoms with Crippen molar-refractivity contribution in [3.8, 4) is 11.1 Å². The van der Waals surface area contributed by atoms with E-state index in [1.165, 1.54) is 6.20 Å². The van der Waals surface area contributed by atoms with Gasteiger partial charge in [-0.05, 0) is 35.7 Å². The van der Waals surface area contributed by atoms with Crippen LogP contribution >= 0.6 is 0 Å². The molecule has 3 heterocycles. The zero-order chi connectivity index (χ0) is 19.3. The van der Waals surface area contributed by atoms with E-state index in [0.29, 0.717) is 17.7 Å². The van der Waals surface area contributed by atoms with Crippen LogP contribution in [-0.2, 0) is 6.42 Å². The molecule has 0 radical (unpaired) electrons. The van der Waals surface area contributed by atoms with E-state index in [1.54, 1.807) is 30.6 Å². The van der Waals surface area contributed by atoms with Crippen LogP contribution in [0.4, 0.5) is 10.3 Å². The predicted octanol–water partition coefficient (Wildman–Crippen LogP) is 4.03. The van der Waals surface area contributed by atoms with Crippen molar-refractivity contribution in [1.29, 1.82) is 0 Å². The zero-order valence-electron chi connectivity index (χ0n) is 15.0. The third-order valence-electron chi connectivity index (χ3n) is 4.63. The topological polar surface area (TPSA) is 77.6 Å². The fourth-order valence-corrected chi connectivity index (χ4v) is 3.34. The molecular weight excluding hydrogens is 353 g/mol. The number of hydrogen-bond donors (Lipinski definition) is 1. The summed E-state index contributed by atoms with van der Waals surface area (Å²) in [6, 6.07) is 17.2. The molecule has 0 saturated carbocycles. The van der Waals surface area contributed by atoms with Crippen molar-refractivity contribution in [2.24, 2.45) is 0 Å². The first-order valence-corrected chi connectivity index (χ1v) is 8.89. The highest BCUT2D eigenvalue weighted by Crippen LogP contribution is 2.32. The average Bonchev–Trinajstić information content (AvgIpc) is 2.74. The number of nitrogens with two attached hydrogens (primary N) is 1. The summed E-state index contributed by atoms with van der Waals surface area (Å²) in [5, 5.41) is 0. The molecule has 6 heteroatoms. The number of rotatable bonds is 5. The van der Waals surface area contributed by atoms with Crippen LogP contribution in [0.2, 0.25) is 0 Å². The largest absolute Gasteiger partial charge is 0.368 e. The highest BCUT2D eigenvalue weighted by molar-refractivity contribution is 5.66. The van der Waals surface area contributed by atoms with Crippen LogP contribution in [0.15, 0.2) is 79.4 Å². The maximum absolute atomic E-state index is 14.6. The number of halogens is 1. The van der Waals surface area contributed by atoms with Crippen LogP contribution in [-0.4, -0.2) is 19.9 Å². The molecule has 1 atom stereocenters. The molecule has 0 saturated heterocycles. The van der Waals surface area contributed by atoms with E-state index in [9.17, 15) is 4.39 Å². The van der Waals surface area contributed by atoms with Gasteiger partial charge in [-0.3, -0.25) is 4.98 Å². The minimum absolute atomic E-state index is 0.160. The molecule has 3 aromatic heterocycles. The average molecular weight is 371 g/mol. The summed E-state index contributed by atoms with van der Waals surface area (Å²) in [4.78, 5) is 16.3. The van der Waals surface area contributed by atoms with Gasteiger partial charge in [-0.1, -0.05) is 36.4 Å². The Bertz CT molecular complexity index is 1080. The number of nitrogen functional groups attached to an aromatic ring is 1. The third kappa shape index (κ3) is 3.71. The van der Waals surface area contributed by atoms with Gasteiger partial charge in [-0.2, -0.15) is 4.39 Å². The molecule has 2 N–H and O–H groups in total. The van der Waals surface area contributed by atoms with Gasteiger partial charge in [-0.15, -0.1) is 0 Å². The molecule has 0 fully saturated rings. The molecule has 0 aliphatic heterocycles. The van der Waals surface area contributed by atoms with Gasteiger partial charge in [-0.25, -0.2) is 15.0 Å². The SMILES string of the molecule is Nc1nccc(C(Cc2ccccc2-c2cccnc2)c2cccnc2F)n1. The number of pyridine rings is 2. The van der Waals surface area contributed by atoms with Crippen molar-refractivity contribution in [3.63, 3.8) is 0 Å². The summed E-state index contributed by atoms with van der Waals surface area (Å²) in [6.07, 6.45) is 7.12. The van der Waals surface area contributed by atoms with Crippen LogP contribution in [0.25, 0.3) is 11.1 Å². The molecule has 0 bridgehead atoms. The molecule has 0 aliphatic carbocycles. The summed E-state index contributed by atoms with van der Waals surface area (Å²) >= 11 is 0. The number of hydrogen-bond acceptors (Lipinski definition) is 5. The van der Waals surface area contributed by atoms with Crippen molar-refractivity contribution in [1.82, 2.24) is 19.9 Å².